The monoisotopic (exact) mass is 187 g/mol. The molecule has 0 fully saturated rings. The molecule has 3 rings (SSSR count). The summed E-state index contributed by atoms with van der Waals surface area (Å²) in [7, 11) is 1.93. The minimum Gasteiger partial charge on any atom is -0.313 e. The lowest BCUT2D eigenvalue weighted by Crippen LogP contribution is -2.32. The van der Waals surface area contributed by atoms with Crippen LogP contribution in [0.15, 0.2) is 29.3 Å². The van der Waals surface area contributed by atoms with Crippen LogP contribution in [-0.4, -0.2) is 25.5 Å². The molecule has 1 amide bonds. The molecular weight excluding hydrogens is 178 g/mol. The van der Waals surface area contributed by atoms with Crippen molar-refractivity contribution in [1.29, 1.82) is 0 Å². The average molecular weight is 187 g/mol. The predicted octanol–water partition coefficient (Wildman–Crippen LogP) is 0.839. The second-order valence-corrected chi connectivity index (χ2v) is 3.44. The first-order chi connectivity index (χ1) is 6.77. The van der Waals surface area contributed by atoms with Gasteiger partial charge in [0.2, 0.25) is 5.96 Å². The SMILES string of the molecule is CN1C2=NC(=O)CN2c2ccccc21. The molecule has 4 heteroatoms. The number of benzene rings is 1. The Morgan fingerprint density at radius 3 is 2.79 bits per heavy atom. The molecule has 0 unspecified atom stereocenters. The van der Waals surface area contributed by atoms with Gasteiger partial charge in [0.1, 0.15) is 6.54 Å². The Morgan fingerprint density at radius 1 is 1.29 bits per heavy atom. The Kier molecular flexibility index (Phi) is 1.27. The average Bonchev–Trinajstić information content (AvgIpc) is 2.68. The third kappa shape index (κ3) is 0.775. The summed E-state index contributed by atoms with van der Waals surface area (Å²) >= 11 is 0. The summed E-state index contributed by atoms with van der Waals surface area (Å²) in [5.41, 5.74) is 2.18. The van der Waals surface area contributed by atoms with Gasteiger partial charge in [0, 0.05) is 7.05 Å². The van der Waals surface area contributed by atoms with Crippen LogP contribution in [0.2, 0.25) is 0 Å². The number of hydrogen-bond donors (Lipinski definition) is 0. The van der Waals surface area contributed by atoms with Gasteiger partial charge in [-0.2, -0.15) is 4.99 Å². The number of hydrogen-bond acceptors (Lipinski definition) is 3. The Hall–Kier alpha value is -1.84. The maximum atomic E-state index is 11.2. The Balaban J connectivity index is 2.20. The van der Waals surface area contributed by atoms with Gasteiger partial charge in [-0.1, -0.05) is 12.1 Å². The lowest BCUT2D eigenvalue weighted by molar-refractivity contribution is -0.115. The van der Waals surface area contributed by atoms with Crippen LogP contribution in [0, 0.1) is 0 Å². The number of fused-ring (bicyclic) bond motifs is 3. The molecule has 4 nitrogen and oxygen atoms in total. The Bertz CT molecular complexity index is 452. The van der Waals surface area contributed by atoms with Crippen molar-refractivity contribution in [3.8, 4) is 0 Å². The van der Waals surface area contributed by atoms with E-state index in [4.69, 9.17) is 0 Å². The third-order valence-corrected chi connectivity index (χ3v) is 2.59. The number of carbonyl (C=O) groups is 1. The summed E-state index contributed by atoms with van der Waals surface area (Å²) in [6, 6.07) is 7.99. The van der Waals surface area contributed by atoms with Gasteiger partial charge in [0.25, 0.3) is 5.91 Å². The molecule has 0 N–H and O–H groups in total. The van der Waals surface area contributed by atoms with Crippen LogP contribution < -0.4 is 9.80 Å². The zero-order chi connectivity index (χ0) is 9.71. The Labute approximate surface area is 81.5 Å². The van der Waals surface area contributed by atoms with Crippen molar-refractivity contribution in [2.45, 2.75) is 0 Å². The predicted molar refractivity (Wildman–Crippen MR) is 54.6 cm³/mol. The molecule has 0 bridgehead atoms. The van der Waals surface area contributed by atoms with Crippen LogP contribution in [0.4, 0.5) is 11.4 Å². The first kappa shape index (κ1) is 7.55. The summed E-state index contributed by atoms with van der Waals surface area (Å²) in [6.07, 6.45) is 0. The summed E-state index contributed by atoms with van der Waals surface area (Å²) in [4.78, 5) is 19.0. The number of guanidine groups is 1. The van der Waals surface area contributed by atoms with Gasteiger partial charge in [0.15, 0.2) is 0 Å². The number of aliphatic imine (C=N–C) groups is 1. The lowest BCUT2D eigenvalue weighted by atomic mass is 10.2. The molecule has 1 aromatic carbocycles. The van der Waals surface area contributed by atoms with E-state index in [1.165, 1.54) is 0 Å². The second kappa shape index (κ2) is 2.35. The van der Waals surface area contributed by atoms with Gasteiger partial charge >= 0.3 is 0 Å². The molecule has 2 aliphatic rings. The smallest absolute Gasteiger partial charge is 0.268 e. The number of amides is 1. The third-order valence-electron chi connectivity index (χ3n) is 2.59. The van der Waals surface area contributed by atoms with Crippen molar-refractivity contribution in [1.82, 2.24) is 0 Å². The van der Waals surface area contributed by atoms with E-state index >= 15 is 0 Å². The molecule has 0 saturated carbocycles. The van der Waals surface area contributed by atoms with Gasteiger partial charge < -0.3 is 9.80 Å². The van der Waals surface area contributed by atoms with Gasteiger partial charge in [0.05, 0.1) is 11.4 Å². The molecule has 0 aromatic heterocycles. The van der Waals surface area contributed by atoms with Crippen LogP contribution in [0.5, 0.6) is 0 Å². The number of para-hydroxylation sites is 2. The minimum atomic E-state index is -0.0682. The highest BCUT2D eigenvalue weighted by molar-refractivity contribution is 6.23. The van der Waals surface area contributed by atoms with E-state index in [0.717, 1.165) is 17.3 Å². The Morgan fingerprint density at radius 2 is 2.00 bits per heavy atom. The van der Waals surface area contributed by atoms with Crippen molar-refractivity contribution in [3.63, 3.8) is 0 Å². The summed E-state index contributed by atoms with van der Waals surface area (Å²) in [6.45, 7) is 0.372. The first-order valence-corrected chi connectivity index (χ1v) is 4.49. The number of rotatable bonds is 0. The standard InChI is InChI=1S/C10H9N3O/c1-12-7-4-2-3-5-8(7)13-6-9(14)11-10(12)13/h2-5H,6H2,1H3. The lowest BCUT2D eigenvalue weighted by Gasteiger charge is -2.11. The zero-order valence-corrected chi connectivity index (χ0v) is 7.77. The maximum absolute atomic E-state index is 11.2. The van der Waals surface area contributed by atoms with E-state index in [1.54, 1.807) is 0 Å². The topological polar surface area (TPSA) is 35.9 Å². The van der Waals surface area contributed by atoms with E-state index in [-0.39, 0.29) is 5.91 Å². The van der Waals surface area contributed by atoms with Crippen molar-refractivity contribution in [2.75, 3.05) is 23.4 Å². The van der Waals surface area contributed by atoms with Gasteiger partial charge in [-0.25, -0.2) is 0 Å². The van der Waals surface area contributed by atoms with E-state index in [9.17, 15) is 4.79 Å². The highest BCUT2D eigenvalue weighted by atomic mass is 16.2. The van der Waals surface area contributed by atoms with E-state index < -0.39 is 0 Å². The summed E-state index contributed by atoms with van der Waals surface area (Å²) < 4.78 is 0. The van der Waals surface area contributed by atoms with Gasteiger partial charge in [-0.15, -0.1) is 0 Å². The van der Waals surface area contributed by atoms with E-state index in [0.29, 0.717) is 6.54 Å². The van der Waals surface area contributed by atoms with Crippen LogP contribution in [0.1, 0.15) is 0 Å². The zero-order valence-electron chi connectivity index (χ0n) is 7.77. The minimum absolute atomic E-state index is 0.0682. The number of nitrogens with zero attached hydrogens (tertiary/aromatic N) is 3. The van der Waals surface area contributed by atoms with Gasteiger partial charge in [-0.3, -0.25) is 4.79 Å². The van der Waals surface area contributed by atoms with Crippen LogP contribution >= 0.6 is 0 Å². The molecule has 0 aliphatic carbocycles. The number of carbonyl (C=O) groups excluding carboxylic acids is 1. The molecule has 70 valence electrons. The quantitative estimate of drug-likeness (QED) is 0.603. The molecule has 2 heterocycles. The fourth-order valence-corrected chi connectivity index (χ4v) is 1.95. The number of anilines is 2. The normalized spacial score (nSPS) is 18.4. The first-order valence-electron chi connectivity index (χ1n) is 4.49. The van der Waals surface area contributed by atoms with Crippen LogP contribution in [0.25, 0.3) is 0 Å². The fraction of sp³-hybridized carbons (Fsp3) is 0.200. The fourth-order valence-electron chi connectivity index (χ4n) is 1.95. The molecule has 0 radical (unpaired) electrons. The molecule has 1 aromatic rings. The van der Waals surface area contributed by atoms with Crippen LogP contribution in [-0.2, 0) is 4.79 Å². The summed E-state index contributed by atoms with van der Waals surface area (Å²) in [5, 5.41) is 0. The van der Waals surface area contributed by atoms with E-state index in [1.807, 2.05) is 41.1 Å². The van der Waals surface area contributed by atoms with Crippen molar-refractivity contribution in [2.24, 2.45) is 4.99 Å². The maximum Gasteiger partial charge on any atom is 0.268 e. The molecule has 2 aliphatic heterocycles. The van der Waals surface area contributed by atoms with E-state index in [2.05, 4.69) is 4.99 Å². The largest absolute Gasteiger partial charge is 0.313 e. The molecule has 14 heavy (non-hydrogen) atoms. The molecule has 0 atom stereocenters. The van der Waals surface area contributed by atoms with Gasteiger partial charge in [-0.05, 0) is 12.1 Å². The summed E-state index contributed by atoms with van der Waals surface area (Å²) in [5.74, 6) is 0.678. The molecular formula is C10H9N3O. The molecule has 0 saturated heterocycles. The van der Waals surface area contributed by atoms with Crippen LogP contribution in [0.3, 0.4) is 0 Å². The highest BCUT2D eigenvalue weighted by Crippen LogP contribution is 2.37. The van der Waals surface area contributed by atoms with Crippen molar-refractivity contribution >= 4 is 23.2 Å². The van der Waals surface area contributed by atoms with Crippen molar-refractivity contribution in [3.05, 3.63) is 24.3 Å². The molecule has 0 spiro atoms. The highest BCUT2D eigenvalue weighted by Gasteiger charge is 2.35. The second-order valence-electron chi connectivity index (χ2n) is 3.44. The van der Waals surface area contributed by atoms with Crippen molar-refractivity contribution < 1.29 is 4.79 Å².